The van der Waals surface area contributed by atoms with Gasteiger partial charge >= 0.3 is 191 Å². The Morgan fingerprint density at radius 2 is 1.67 bits per heavy atom. The summed E-state index contributed by atoms with van der Waals surface area (Å²) in [5.41, 5.74) is 2.27. The Labute approximate surface area is 191 Å². The topological polar surface area (TPSA) is 46.1 Å². The van der Waals surface area contributed by atoms with Crippen molar-refractivity contribution in [2.45, 2.75) is 65.4 Å². The minimum absolute atomic E-state index is 0.104. The molecule has 2 aliphatic rings. The molecule has 4 nitrogen and oxygen atoms in total. The van der Waals surface area contributed by atoms with Crippen LogP contribution in [0.3, 0.4) is 0 Å². The van der Waals surface area contributed by atoms with E-state index in [1.807, 2.05) is 20.9 Å². The van der Waals surface area contributed by atoms with E-state index in [2.05, 4.69) is 9.97 Å². The van der Waals surface area contributed by atoms with E-state index >= 15 is 0 Å². The first kappa shape index (κ1) is 24.3. The SMILES string of the molecule is [CH3][Sn]([CH3])([CH3])[c]1nc(Cc2cc3c(cc2C2CC2)CN(C(=O)C(F)(F)F)C3)ncc1C(F)(F)F. The van der Waals surface area contributed by atoms with Gasteiger partial charge in [0.15, 0.2) is 0 Å². The van der Waals surface area contributed by atoms with Crippen molar-refractivity contribution in [2.24, 2.45) is 0 Å². The first-order chi connectivity index (χ1) is 15.1. The Kier molecular flexibility index (Phi) is 5.98. The van der Waals surface area contributed by atoms with Crippen LogP contribution in [0.25, 0.3) is 0 Å². The molecular weight excluding hydrogens is 555 g/mol. The number of carbonyl (C=O) groups is 1. The number of rotatable bonds is 4. The van der Waals surface area contributed by atoms with Crippen molar-refractivity contribution in [3.8, 4) is 0 Å². The molecule has 0 atom stereocenters. The number of alkyl halides is 6. The number of carbonyl (C=O) groups excluding carboxylic acids is 1. The van der Waals surface area contributed by atoms with Gasteiger partial charge in [0, 0.05) is 0 Å². The summed E-state index contributed by atoms with van der Waals surface area (Å²) in [4.78, 5) is 26.4. The third-order valence-corrected chi connectivity index (χ3v) is 11.1. The number of amides is 1. The maximum atomic E-state index is 13.5. The predicted octanol–water partition coefficient (Wildman–Crippen LogP) is 4.91. The van der Waals surface area contributed by atoms with E-state index in [4.69, 9.17) is 0 Å². The molecule has 11 heteroatoms. The molecule has 1 aromatic carbocycles. The molecule has 1 aliphatic carbocycles. The van der Waals surface area contributed by atoms with Crippen LogP contribution in [0.2, 0.25) is 14.8 Å². The molecule has 0 bridgehead atoms. The summed E-state index contributed by atoms with van der Waals surface area (Å²) in [6.07, 6.45) is -6.54. The summed E-state index contributed by atoms with van der Waals surface area (Å²) in [7, 11) is 0. The van der Waals surface area contributed by atoms with E-state index in [0.717, 1.165) is 35.1 Å². The molecule has 2 heterocycles. The van der Waals surface area contributed by atoms with Gasteiger partial charge in [-0.3, -0.25) is 0 Å². The summed E-state index contributed by atoms with van der Waals surface area (Å²) in [5, 5.41) is 0. The molecule has 0 N–H and O–H groups in total. The summed E-state index contributed by atoms with van der Waals surface area (Å²) >= 11 is -3.24. The Morgan fingerprint density at radius 3 is 2.18 bits per heavy atom. The van der Waals surface area contributed by atoms with Crippen LogP contribution >= 0.6 is 0 Å². The van der Waals surface area contributed by atoms with Gasteiger partial charge in [0.25, 0.3) is 0 Å². The number of benzene rings is 1. The van der Waals surface area contributed by atoms with Crippen molar-refractivity contribution < 1.29 is 31.1 Å². The van der Waals surface area contributed by atoms with Crippen LogP contribution in [0.15, 0.2) is 18.3 Å². The van der Waals surface area contributed by atoms with Gasteiger partial charge in [-0.15, -0.1) is 0 Å². The van der Waals surface area contributed by atoms with Crippen LogP contribution in [0.4, 0.5) is 26.3 Å². The molecule has 1 aliphatic heterocycles. The molecule has 0 unspecified atom stereocenters. The van der Waals surface area contributed by atoms with E-state index in [9.17, 15) is 31.1 Å². The standard InChI is InChI=1S/C19H14F6N3O.3CH3.Sn/c20-18(21,22)14-6-26-16(27-7-14)5-11-3-12-8-28(17(29)19(23,24)25)9-13(12)4-15(11)10-1-2-10;;;;/h3-4,6,10H,1-2,5,8-9H2;3*1H3;. The van der Waals surface area contributed by atoms with E-state index in [1.54, 1.807) is 6.07 Å². The zero-order valence-electron chi connectivity index (χ0n) is 18.4. The van der Waals surface area contributed by atoms with Gasteiger partial charge in [0.1, 0.15) is 0 Å². The fraction of sp³-hybridized carbons (Fsp3) is 0.500. The van der Waals surface area contributed by atoms with Crippen LogP contribution in [0.1, 0.15) is 52.4 Å². The van der Waals surface area contributed by atoms with Crippen molar-refractivity contribution in [2.75, 3.05) is 0 Å². The van der Waals surface area contributed by atoms with E-state index in [1.165, 1.54) is 0 Å². The zero-order valence-corrected chi connectivity index (χ0v) is 21.2. The second-order valence-corrected chi connectivity index (χ2v) is 23.9. The second kappa shape index (κ2) is 8.13. The minimum atomic E-state index is -4.94. The van der Waals surface area contributed by atoms with Gasteiger partial charge in [-0.05, 0) is 0 Å². The van der Waals surface area contributed by atoms with E-state index in [-0.39, 0.29) is 35.0 Å². The van der Waals surface area contributed by atoms with Gasteiger partial charge < -0.3 is 0 Å². The third kappa shape index (κ3) is 5.14. The first-order valence-electron chi connectivity index (χ1n) is 10.6. The molecule has 2 aromatic rings. The summed E-state index contributed by atoms with van der Waals surface area (Å²) in [5.74, 6) is -1.34. The van der Waals surface area contributed by atoms with Crippen molar-refractivity contribution in [1.82, 2.24) is 14.9 Å². The van der Waals surface area contributed by atoms with Gasteiger partial charge in [0.2, 0.25) is 0 Å². The number of hydrogen-bond acceptors (Lipinski definition) is 3. The molecule has 0 radical (unpaired) electrons. The number of hydrogen-bond donors (Lipinski definition) is 0. The molecule has 1 amide bonds. The van der Waals surface area contributed by atoms with Crippen LogP contribution in [-0.2, 0) is 30.5 Å². The molecule has 0 saturated heterocycles. The number of fused-ring (bicyclic) bond motifs is 1. The van der Waals surface area contributed by atoms with E-state index < -0.39 is 42.2 Å². The maximum absolute atomic E-state index is 13.5. The molecule has 1 saturated carbocycles. The molecule has 0 spiro atoms. The fourth-order valence-corrected chi connectivity index (χ4v) is 8.44. The molecular formula is C22H23F6N3OSn. The average molecular weight is 578 g/mol. The Hall–Kier alpha value is -1.85. The van der Waals surface area contributed by atoms with Crippen molar-refractivity contribution in [1.29, 1.82) is 0 Å². The predicted molar refractivity (Wildman–Crippen MR) is 112 cm³/mol. The van der Waals surface area contributed by atoms with Gasteiger partial charge in [-0.2, -0.15) is 0 Å². The normalized spacial score (nSPS) is 16.8. The van der Waals surface area contributed by atoms with E-state index in [0.29, 0.717) is 11.1 Å². The summed E-state index contributed by atoms with van der Waals surface area (Å²) < 4.78 is 79.2. The van der Waals surface area contributed by atoms with Crippen molar-refractivity contribution >= 4 is 28.0 Å². The Balaban J connectivity index is 1.68. The van der Waals surface area contributed by atoms with Crippen LogP contribution in [-0.4, -0.2) is 45.3 Å². The van der Waals surface area contributed by atoms with Gasteiger partial charge in [-0.25, -0.2) is 0 Å². The monoisotopic (exact) mass is 579 g/mol. The van der Waals surface area contributed by atoms with Crippen molar-refractivity contribution in [3.05, 3.63) is 52.0 Å². The average Bonchev–Trinajstić information content (AvgIpc) is 3.44. The zero-order chi connectivity index (χ0) is 24.3. The fourth-order valence-electron chi connectivity index (χ4n) is 4.22. The first-order valence-corrected chi connectivity index (χ1v) is 20.6. The molecule has 1 aromatic heterocycles. The van der Waals surface area contributed by atoms with Crippen LogP contribution in [0, 0.1) is 0 Å². The van der Waals surface area contributed by atoms with Gasteiger partial charge in [-0.1, -0.05) is 0 Å². The number of nitrogens with zero attached hydrogens (tertiary/aromatic N) is 3. The summed E-state index contributed by atoms with van der Waals surface area (Å²) in [6, 6.07) is 3.62. The Bertz CT molecular complexity index is 1100. The molecule has 1 fully saturated rings. The molecule has 178 valence electrons. The van der Waals surface area contributed by atoms with Crippen molar-refractivity contribution in [3.63, 3.8) is 0 Å². The Morgan fingerprint density at radius 1 is 1.06 bits per heavy atom. The molecule has 4 rings (SSSR count). The third-order valence-electron chi connectivity index (χ3n) is 5.93. The second-order valence-electron chi connectivity index (χ2n) is 9.73. The summed E-state index contributed by atoms with van der Waals surface area (Å²) in [6.45, 7) is -0.254. The van der Waals surface area contributed by atoms with Crippen LogP contribution in [0.5, 0.6) is 0 Å². The quantitative estimate of drug-likeness (QED) is 0.383. The number of aromatic nitrogens is 2. The van der Waals surface area contributed by atoms with Gasteiger partial charge in [0.05, 0.1) is 0 Å². The number of halogens is 6. The molecule has 33 heavy (non-hydrogen) atoms. The van der Waals surface area contributed by atoms with Crippen LogP contribution < -0.4 is 3.71 Å².